The molecule has 5 nitrogen and oxygen atoms in total. The smallest absolute Gasteiger partial charge is 0.324 e. The fourth-order valence-electron chi connectivity index (χ4n) is 2.27. The number of benzene rings is 1. The monoisotopic (exact) mass is 292 g/mol. The van der Waals surface area contributed by atoms with Gasteiger partial charge in [-0.2, -0.15) is 0 Å². The number of urea groups is 1. The number of carboxylic acid groups (broad SMARTS) is 1. The van der Waals surface area contributed by atoms with Gasteiger partial charge in [-0.25, -0.2) is 4.79 Å². The van der Waals surface area contributed by atoms with Gasteiger partial charge in [0.2, 0.25) is 0 Å². The third-order valence-corrected chi connectivity index (χ3v) is 3.40. The summed E-state index contributed by atoms with van der Waals surface area (Å²) in [6.07, 6.45) is -0.0737. The van der Waals surface area contributed by atoms with E-state index in [1.807, 2.05) is 52.0 Å². The molecular formula is C16H24N2O3. The fourth-order valence-corrected chi connectivity index (χ4v) is 2.27. The molecule has 0 fully saturated rings. The molecule has 0 bridgehead atoms. The highest BCUT2D eigenvalue weighted by Crippen LogP contribution is 2.22. The molecule has 1 rings (SSSR count). The van der Waals surface area contributed by atoms with E-state index in [1.54, 1.807) is 9.80 Å². The summed E-state index contributed by atoms with van der Waals surface area (Å²) in [5.74, 6) is -0.908. The van der Waals surface area contributed by atoms with Crippen LogP contribution in [0.2, 0.25) is 0 Å². The molecular weight excluding hydrogens is 268 g/mol. The van der Waals surface area contributed by atoms with Crippen molar-refractivity contribution in [1.29, 1.82) is 0 Å². The number of nitrogens with zero attached hydrogens (tertiary/aromatic N) is 2. The summed E-state index contributed by atoms with van der Waals surface area (Å²) in [7, 11) is 0. The number of rotatable bonds is 6. The van der Waals surface area contributed by atoms with E-state index in [1.165, 1.54) is 0 Å². The van der Waals surface area contributed by atoms with Crippen LogP contribution in [0.3, 0.4) is 0 Å². The Kier molecular flexibility index (Phi) is 6.21. The maximum atomic E-state index is 12.7. The third kappa shape index (κ3) is 4.48. The van der Waals surface area contributed by atoms with Gasteiger partial charge in [-0.05, 0) is 39.3 Å². The maximum absolute atomic E-state index is 12.7. The van der Waals surface area contributed by atoms with Gasteiger partial charge in [0, 0.05) is 24.8 Å². The standard InChI is InChI=1S/C16H24N2O3/c1-5-17(12(2)3)16(21)18(11-10-15(19)20)14-9-7-6-8-13(14)4/h6-9,12H,5,10-11H2,1-4H3,(H,19,20). The Labute approximate surface area is 126 Å². The zero-order valence-corrected chi connectivity index (χ0v) is 13.2. The average molecular weight is 292 g/mol. The number of carboxylic acids is 1. The summed E-state index contributed by atoms with van der Waals surface area (Å²) in [6, 6.07) is 7.45. The van der Waals surface area contributed by atoms with Crippen LogP contribution in [0.15, 0.2) is 24.3 Å². The van der Waals surface area contributed by atoms with Gasteiger partial charge in [-0.15, -0.1) is 0 Å². The topological polar surface area (TPSA) is 60.9 Å². The largest absolute Gasteiger partial charge is 0.481 e. The molecule has 0 radical (unpaired) electrons. The van der Waals surface area contributed by atoms with Crippen LogP contribution in [0.1, 0.15) is 32.8 Å². The average Bonchev–Trinajstić information content (AvgIpc) is 2.41. The Hall–Kier alpha value is -2.04. The normalized spacial score (nSPS) is 10.5. The molecule has 0 aliphatic rings. The molecule has 0 saturated carbocycles. The molecule has 116 valence electrons. The summed E-state index contributed by atoms with van der Waals surface area (Å²) >= 11 is 0. The molecule has 0 heterocycles. The highest BCUT2D eigenvalue weighted by Gasteiger charge is 2.24. The lowest BCUT2D eigenvalue weighted by Crippen LogP contribution is -2.47. The molecule has 0 saturated heterocycles. The molecule has 1 aromatic rings. The van der Waals surface area contributed by atoms with Crippen LogP contribution in [0.4, 0.5) is 10.5 Å². The van der Waals surface area contributed by atoms with Gasteiger partial charge in [0.1, 0.15) is 0 Å². The van der Waals surface area contributed by atoms with E-state index in [2.05, 4.69) is 0 Å². The zero-order valence-electron chi connectivity index (χ0n) is 13.2. The second-order valence-corrected chi connectivity index (χ2v) is 5.24. The van der Waals surface area contributed by atoms with Crippen LogP contribution >= 0.6 is 0 Å². The number of aryl methyl sites for hydroxylation is 1. The molecule has 0 aliphatic heterocycles. The van der Waals surface area contributed by atoms with Gasteiger partial charge in [0.25, 0.3) is 0 Å². The van der Waals surface area contributed by atoms with Crippen molar-refractivity contribution in [2.45, 2.75) is 40.2 Å². The first-order chi connectivity index (χ1) is 9.88. The Morgan fingerprint density at radius 3 is 2.33 bits per heavy atom. The molecule has 0 unspecified atom stereocenters. The van der Waals surface area contributed by atoms with E-state index in [9.17, 15) is 9.59 Å². The second kappa shape index (κ2) is 7.67. The van der Waals surface area contributed by atoms with Crippen molar-refractivity contribution in [2.24, 2.45) is 0 Å². The van der Waals surface area contributed by atoms with Crippen molar-refractivity contribution in [2.75, 3.05) is 18.0 Å². The lowest BCUT2D eigenvalue weighted by Gasteiger charge is -2.33. The Balaban J connectivity index is 3.10. The first kappa shape index (κ1) is 17.0. The Bertz CT molecular complexity index is 500. The summed E-state index contributed by atoms with van der Waals surface area (Å²) in [6.45, 7) is 8.50. The number of anilines is 1. The van der Waals surface area contributed by atoms with Gasteiger partial charge in [-0.3, -0.25) is 9.69 Å². The summed E-state index contributed by atoms with van der Waals surface area (Å²) < 4.78 is 0. The fraction of sp³-hybridized carbons (Fsp3) is 0.500. The maximum Gasteiger partial charge on any atom is 0.324 e. The van der Waals surface area contributed by atoms with Gasteiger partial charge in [-0.1, -0.05) is 18.2 Å². The van der Waals surface area contributed by atoms with Crippen LogP contribution in [0, 0.1) is 6.92 Å². The van der Waals surface area contributed by atoms with E-state index in [4.69, 9.17) is 5.11 Å². The SMILES string of the molecule is CCN(C(=O)N(CCC(=O)O)c1ccccc1C)C(C)C. The highest BCUT2D eigenvalue weighted by molar-refractivity contribution is 5.93. The van der Waals surface area contributed by atoms with Crippen molar-refractivity contribution >= 4 is 17.7 Å². The Morgan fingerprint density at radius 2 is 1.86 bits per heavy atom. The predicted molar refractivity (Wildman–Crippen MR) is 83.7 cm³/mol. The molecule has 1 aromatic carbocycles. The number of para-hydroxylation sites is 1. The minimum atomic E-state index is -0.908. The molecule has 21 heavy (non-hydrogen) atoms. The molecule has 1 N–H and O–H groups in total. The third-order valence-electron chi connectivity index (χ3n) is 3.40. The number of carbonyl (C=O) groups is 2. The van der Waals surface area contributed by atoms with E-state index in [0.29, 0.717) is 6.54 Å². The summed E-state index contributed by atoms with van der Waals surface area (Å²) in [5, 5.41) is 8.91. The van der Waals surface area contributed by atoms with Crippen LogP contribution in [0.5, 0.6) is 0 Å². The van der Waals surface area contributed by atoms with Crippen LogP contribution in [0.25, 0.3) is 0 Å². The lowest BCUT2D eigenvalue weighted by molar-refractivity contribution is -0.136. The van der Waals surface area contributed by atoms with E-state index >= 15 is 0 Å². The van der Waals surface area contributed by atoms with Crippen molar-refractivity contribution < 1.29 is 14.7 Å². The number of hydrogen-bond donors (Lipinski definition) is 1. The molecule has 2 amide bonds. The number of hydrogen-bond acceptors (Lipinski definition) is 2. The zero-order chi connectivity index (χ0) is 16.0. The molecule has 0 atom stereocenters. The number of carbonyl (C=O) groups excluding carboxylic acids is 1. The summed E-state index contributed by atoms with van der Waals surface area (Å²) in [5.41, 5.74) is 1.72. The van der Waals surface area contributed by atoms with Crippen molar-refractivity contribution in [1.82, 2.24) is 4.90 Å². The van der Waals surface area contributed by atoms with Gasteiger partial charge in [0.15, 0.2) is 0 Å². The van der Waals surface area contributed by atoms with Crippen molar-refractivity contribution in [3.63, 3.8) is 0 Å². The van der Waals surface area contributed by atoms with E-state index < -0.39 is 5.97 Å². The molecule has 0 aromatic heterocycles. The lowest BCUT2D eigenvalue weighted by atomic mass is 10.1. The van der Waals surface area contributed by atoms with Crippen molar-refractivity contribution in [3.05, 3.63) is 29.8 Å². The van der Waals surface area contributed by atoms with Crippen LogP contribution < -0.4 is 4.90 Å². The van der Waals surface area contributed by atoms with Gasteiger partial charge >= 0.3 is 12.0 Å². The molecule has 0 spiro atoms. The van der Waals surface area contributed by atoms with E-state index in [-0.39, 0.29) is 25.0 Å². The minimum absolute atomic E-state index is 0.0684. The van der Waals surface area contributed by atoms with Gasteiger partial charge < -0.3 is 10.0 Å². The quantitative estimate of drug-likeness (QED) is 0.876. The van der Waals surface area contributed by atoms with Gasteiger partial charge in [0.05, 0.1) is 6.42 Å². The molecule has 0 aliphatic carbocycles. The first-order valence-electron chi connectivity index (χ1n) is 7.24. The first-order valence-corrected chi connectivity index (χ1v) is 7.24. The van der Waals surface area contributed by atoms with Crippen LogP contribution in [-0.2, 0) is 4.79 Å². The minimum Gasteiger partial charge on any atom is -0.481 e. The van der Waals surface area contributed by atoms with Crippen LogP contribution in [-0.4, -0.2) is 41.1 Å². The van der Waals surface area contributed by atoms with E-state index in [0.717, 1.165) is 11.3 Å². The molecule has 5 heteroatoms. The number of aliphatic carboxylic acids is 1. The second-order valence-electron chi connectivity index (χ2n) is 5.24. The predicted octanol–water partition coefficient (Wildman–Crippen LogP) is 3.13. The van der Waals surface area contributed by atoms with Crippen molar-refractivity contribution in [3.8, 4) is 0 Å². The highest BCUT2D eigenvalue weighted by atomic mass is 16.4. The number of amides is 2. The summed E-state index contributed by atoms with van der Waals surface area (Å²) in [4.78, 5) is 26.9. The Morgan fingerprint density at radius 1 is 1.24 bits per heavy atom.